The van der Waals surface area contributed by atoms with Gasteiger partial charge in [0.15, 0.2) is 0 Å². The Morgan fingerprint density at radius 1 is 0.974 bits per heavy atom. The Labute approximate surface area is 232 Å². The predicted octanol–water partition coefficient (Wildman–Crippen LogP) is 4.55. The summed E-state index contributed by atoms with van der Waals surface area (Å²) >= 11 is 5.88. The number of halogens is 3. The summed E-state index contributed by atoms with van der Waals surface area (Å²) < 4.78 is 54.7. The largest absolute Gasteiger partial charge is 0.354 e. The van der Waals surface area contributed by atoms with Crippen LogP contribution in [0.1, 0.15) is 24.5 Å². The Morgan fingerprint density at radius 3 is 2.26 bits per heavy atom. The Balaban J connectivity index is 2.06. The number of carbonyl (C=O) groups excluding carboxylic acids is 2. The SMILES string of the molecule is CCCNC(=O)C(Cc1ccccc1)N(Cc1ccccc1F)C(=O)CN(c1ccc(F)c(Cl)c1)S(C)(=O)=O. The van der Waals surface area contributed by atoms with Crippen LogP contribution in [0.15, 0.2) is 72.8 Å². The topological polar surface area (TPSA) is 86.8 Å². The molecule has 11 heteroatoms. The van der Waals surface area contributed by atoms with Crippen molar-refractivity contribution in [3.8, 4) is 0 Å². The molecule has 2 amide bonds. The molecule has 0 fully saturated rings. The van der Waals surface area contributed by atoms with Gasteiger partial charge in [-0.05, 0) is 36.2 Å². The van der Waals surface area contributed by atoms with E-state index in [0.29, 0.717) is 13.0 Å². The third kappa shape index (κ3) is 8.24. The molecule has 0 saturated carbocycles. The molecule has 0 heterocycles. The molecule has 3 aromatic carbocycles. The van der Waals surface area contributed by atoms with Crippen molar-refractivity contribution in [2.45, 2.75) is 32.4 Å². The number of hydrogen-bond donors (Lipinski definition) is 1. The van der Waals surface area contributed by atoms with E-state index in [2.05, 4.69) is 5.32 Å². The number of hydrogen-bond acceptors (Lipinski definition) is 4. The molecule has 0 radical (unpaired) electrons. The number of benzene rings is 3. The zero-order valence-electron chi connectivity index (χ0n) is 21.6. The normalized spacial score (nSPS) is 12.0. The van der Waals surface area contributed by atoms with E-state index in [-0.39, 0.29) is 29.2 Å². The molecule has 0 aromatic heterocycles. The highest BCUT2D eigenvalue weighted by Crippen LogP contribution is 2.25. The predicted molar refractivity (Wildman–Crippen MR) is 148 cm³/mol. The van der Waals surface area contributed by atoms with E-state index >= 15 is 0 Å². The Hall–Kier alpha value is -3.50. The van der Waals surface area contributed by atoms with Gasteiger partial charge in [0.1, 0.15) is 24.2 Å². The van der Waals surface area contributed by atoms with Gasteiger partial charge in [-0.15, -0.1) is 0 Å². The highest BCUT2D eigenvalue weighted by atomic mass is 35.5. The molecule has 3 aromatic rings. The Morgan fingerprint density at radius 2 is 1.64 bits per heavy atom. The molecule has 1 N–H and O–H groups in total. The maximum Gasteiger partial charge on any atom is 0.244 e. The van der Waals surface area contributed by atoms with Crippen LogP contribution in [0, 0.1) is 11.6 Å². The van der Waals surface area contributed by atoms with Gasteiger partial charge >= 0.3 is 0 Å². The van der Waals surface area contributed by atoms with Crippen LogP contribution in [0.5, 0.6) is 0 Å². The lowest BCUT2D eigenvalue weighted by Gasteiger charge is -2.33. The molecule has 208 valence electrons. The molecule has 0 spiro atoms. The van der Waals surface area contributed by atoms with Crippen LogP contribution in [0.2, 0.25) is 5.02 Å². The van der Waals surface area contributed by atoms with Crippen LogP contribution in [-0.4, -0.2) is 50.5 Å². The van der Waals surface area contributed by atoms with Gasteiger partial charge in [-0.2, -0.15) is 0 Å². The third-order valence-corrected chi connectivity index (χ3v) is 7.42. The average molecular weight is 578 g/mol. The first kappa shape index (κ1) is 30.0. The Bertz CT molecular complexity index is 1410. The van der Waals surface area contributed by atoms with Crippen LogP contribution >= 0.6 is 11.6 Å². The summed E-state index contributed by atoms with van der Waals surface area (Å²) in [6, 6.07) is 17.0. The summed E-state index contributed by atoms with van der Waals surface area (Å²) in [5.74, 6) is -2.54. The molecule has 1 unspecified atom stereocenters. The summed E-state index contributed by atoms with van der Waals surface area (Å²) in [6.45, 7) is 1.23. The van der Waals surface area contributed by atoms with E-state index in [1.54, 1.807) is 30.3 Å². The lowest BCUT2D eigenvalue weighted by molar-refractivity contribution is -0.140. The summed E-state index contributed by atoms with van der Waals surface area (Å²) in [5, 5.41) is 2.48. The molecule has 0 bridgehead atoms. The minimum atomic E-state index is -4.05. The molecule has 39 heavy (non-hydrogen) atoms. The number of rotatable bonds is 12. The van der Waals surface area contributed by atoms with Gasteiger partial charge in [-0.3, -0.25) is 13.9 Å². The summed E-state index contributed by atoms with van der Waals surface area (Å²) in [6.07, 6.45) is 1.66. The second-order valence-corrected chi connectivity index (χ2v) is 11.3. The zero-order chi connectivity index (χ0) is 28.6. The Kier molecular flexibility index (Phi) is 10.4. The van der Waals surface area contributed by atoms with Crippen molar-refractivity contribution in [2.24, 2.45) is 0 Å². The van der Waals surface area contributed by atoms with E-state index in [4.69, 9.17) is 11.6 Å². The lowest BCUT2D eigenvalue weighted by Crippen LogP contribution is -2.53. The van der Waals surface area contributed by atoms with Crippen molar-refractivity contribution in [1.82, 2.24) is 10.2 Å². The number of carbonyl (C=O) groups is 2. The second-order valence-electron chi connectivity index (χ2n) is 8.98. The minimum absolute atomic E-state index is 0.0295. The monoisotopic (exact) mass is 577 g/mol. The smallest absolute Gasteiger partial charge is 0.244 e. The van der Waals surface area contributed by atoms with Crippen LogP contribution in [0.4, 0.5) is 14.5 Å². The minimum Gasteiger partial charge on any atom is -0.354 e. The average Bonchev–Trinajstić information content (AvgIpc) is 2.90. The van der Waals surface area contributed by atoms with Crippen LogP contribution in [0.25, 0.3) is 0 Å². The molecule has 7 nitrogen and oxygen atoms in total. The number of nitrogens with zero attached hydrogens (tertiary/aromatic N) is 2. The number of amides is 2. The first-order valence-corrected chi connectivity index (χ1v) is 14.5. The quantitative estimate of drug-likeness (QED) is 0.342. The van der Waals surface area contributed by atoms with E-state index < -0.39 is 46.1 Å². The van der Waals surface area contributed by atoms with Gasteiger partial charge in [0.05, 0.1) is 17.0 Å². The fourth-order valence-electron chi connectivity index (χ4n) is 3.98. The van der Waals surface area contributed by atoms with Gasteiger partial charge < -0.3 is 10.2 Å². The lowest BCUT2D eigenvalue weighted by atomic mass is 10.0. The molecule has 0 aliphatic heterocycles. The third-order valence-electron chi connectivity index (χ3n) is 5.99. The van der Waals surface area contributed by atoms with Crippen molar-refractivity contribution < 1.29 is 26.8 Å². The van der Waals surface area contributed by atoms with Crippen molar-refractivity contribution >= 4 is 39.1 Å². The molecular weight excluding hydrogens is 548 g/mol. The highest BCUT2D eigenvalue weighted by Gasteiger charge is 2.33. The van der Waals surface area contributed by atoms with Crippen LogP contribution < -0.4 is 9.62 Å². The zero-order valence-corrected chi connectivity index (χ0v) is 23.2. The summed E-state index contributed by atoms with van der Waals surface area (Å²) in [4.78, 5) is 28.4. The van der Waals surface area contributed by atoms with E-state index in [9.17, 15) is 26.8 Å². The fraction of sp³-hybridized carbons (Fsp3) is 0.286. The van der Waals surface area contributed by atoms with Crippen molar-refractivity contribution in [3.05, 3.63) is 101 Å². The van der Waals surface area contributed by atoms with Crippen molar-refractivity contribution in [1.29, 1.82) is 0 Å². The van der Waals surface area contributed by atoms with Crippen molar-refractivity contribution in [3.63, 3.8) is 0 Å². The second kappa shape index (κ2) is 13.5. The molecule has 0 aliphatic carbocycles. The van der Waals surface area contributed by atoms with Crippen LogP contribution in [0.3, 0.4) is 0 Å². The van der Waals surface area contributed by atoms with E-state index in [0.717, 1.165) is 28.3 Å². The fourth-order valence-corrected chi connectivity index (χ4v) is 5.00. The first-order chi connectivity index (χ1) is 18.5. The van der Waals surface area contributed by atoms with Gasteiger partial charge in [0.25, 0.3) is 0 Å². The number of anilines is 1. The summed E-state index contributed by atoms with van der Waals surface area (Å²) in [7, 11) is -4.05. The number of nitrogens with one attached hydrogen (secondary N) is 1. The first-order valence-electron chi connectivity index (χ1n) is 12.3. The van der Waals surface area contributed by atoms with Gasteiger partial charge in [-0.1, -0.05) is 67.1 Å². The van der Waals surface area contributed by atoms with Crippen molar-refractivity contribution in [2.75, 3.05) is 23.7 Å². The van der Waals surface area contributed by atoms with E-state index in [1.807, 2.05) is 13.0 Å². The maximum absolute atomic E-state index is 14.7. The molecule has 1 atom stereocenters. The standard InChI is InChI=1S/C28H30ClF2N3O4S/c1-3-15-32-28(36)26(16-20-9-5-4-6-10-20)33(18-21-11-7-8-12-24(21)30)27(35)19-34(39(2,37)38)22-13-14-25(31)23(29)17-22/h4-14,17,26H,3,15-16,18-19H2,1-2H3,(H,32,36). The van der Waals surface area contributed by atoms with Gasteiger partial charge in [-0.25, -0.2) is 17.2 Å². The van der Waals surface area contributed by atoms with E-state index in [1.165, 1.54) is 29.2 Å². The molecular formula is C28H30ClF2N3O4S. The van der Waals surface area contributed by atoms with Crippen LogP contribution in [-0.2, 0) is 32.6 Å². The molecule has 3 rings (SSSR count). The summed E-state index contributed by atoms with van der Waals surface area (Å²) in [5.41, 5.74) is 0.881. The molecule has 0 aliphatic rings. The maximum atomic E-state index is 14.7. The number of sulfonamides is 1. The van der Waals surface area contributed by atoms with Gasteiger partial charge in [0, 0.05) is 25.1 Å². The highest BCUT2D eigenvalue weighted by molar-refractivity contribution is 7.92. The molecule has 0 saturated heterocycles. The van der Waals surface area contributed by atoms with Gasteiger partial charge in [0.2, 0.25) is 21.8 Å².